The second kappa shape index (κ2) is 8.32. The van der Waals surface area contributed by atoms with Crippen LogP contribution in [-0.2, 0) is 6.42 Å². The maximum absolute atomic E-state index is 12.4. The summed E-state index contributed by atoms with van der Waals surface area (Å²) in [5.41, 5.74) is 1.40. The average molecular weight is 345 g/mol. The molecule has 134 valence electrons. The molecule has 2 aromatic rings. The molecule has 0 unspecified atom stereocenters. The fourth-order valence-corrected chi connectivity index (χ4v) is 2.37. The predicted octanol–water partition coefficient (Wildman–Crippen LogP) is 2.06. The lowest BCUT2D eigenvalue weighted by atomic mass is 10.1. The zero-order valence-electron chi connectivity index (χ0n) is 15.0. The lowest BCUT2D eigenvalue weighted by Gasteiger charge is -2.09. The number of aromatic nitrogens is 1. The van der Waals surface area contributed by atoms with Crippen molar-refractivity contribution in [3.05, 3.63) is 46.8 Å². The molecule has 0 saturated heterocycles. The summed E-state index contributed by atoms with van der Waals surface area (Å²) in [7, 11) is 4.83. The SMILES string of the molecule is COc1ccc(CCCNC(=O)c2c(C(=O)N(C)C)noc2C)cc1. The van der Waals surface area contributed by atoms with Gasteiger partial charge in [0.15, 0.2) is 5.69 Å². The molecule has 2 amide bonds. The van der Waals surface area contributed by atoms with Crippen LogP contribution in [-0.4, -0.2) is 49.6 Å². The normalized spacial score (nSPS) is 10.4. The predicted molar refractivity (Wildman–Crippen MR) is 92.9 cm³/mol. The van der Waals surface area contributed by atoms with Gasteiger partial charge in [-0.1, -0.05) is 17.3 Å². The van der Waals surface area contributed by atoms with Crippen LogP contribution >= 0.6 is 0 Å². The first-order chi connectivity index (χ1) is 11.9. The van der Waals surface area contributed by atoms with E-state index in [-0.39, 0.29) is 23.1 Å². The first-order valence-electron chi connectivity index (χ1n) is 8.03. The number of methoxy groups -OCH3 is 1. The van der Waals surface area contributed by atoms with Gasteiger partial charge >= 0.3 is 0 Å². The third kappa shape index (κ3) is 4.59. The highest BCUT2D eigenvalue weighted by molar-refractivity contribution is 6.06. The van der Waals surface area contributed by atoms with E-state index in [1.54, 1.807) is 28.1 Å². The number of carbonyl (C=O) groups is 2. The Balaban J connectivity index is 1.90. The molecule has 1 heterocycles. The molecule has 0 aliphatic heterocycles. The van der Waals surface area contributed by atoms with E-state index in [2.05, 4.69) is 10.5 Å². The van der Waals surface area contributed by atoms with Gasteiger partial charge in [0, 0.05) is 20.6 Å². The number of ether oxygens (including phenoxy) is 1. The standard InChI is InChI=1S/C18H23N3O4/c1-12-15(16(20-25-12)18(23)21(2)3)17(22)19-11-5-6-13-7-9-14(24-4)10-8-13/h7-10H,5-6,11H2,1-4H3,(H,19,22). The Labute approximate surface area is 146 Å². The van der Waals surface area contributed by atoms with E-state index in [1.807, 2.05) is 24.3 Å². The minimum absolute atomic E-state index is 0.0372. The summed E-state index contributed by atoms with van der Waals surface area (Å²) >= 11 is 0. The molecule has 7 heteroatoms. The summed E-state index contributed by atoms with van der Waals surface area (Å²) in [6, 6.07) is 7.82. The van der Waals surface area contributed by atoms with Gasteiger partial charge in [-0.15, -0.1) is 0 Å². The Bertz CT molecular complexity index is 735. The fourth-order valence-electron chi connectivity index (χ4n) is 2.37. The van der Waals surface area contributed by atoms with Crippen LogP contribution in [0.3, 0.4) is 0 Å². The molecule has 0 radical (unpaired) electrons. The fraction of sp³-hybridized carbons (Fsp3) is 0.389. The van der Waals surface area contributed by atoms with Crippen LogP contribution in [0.4, 0.5) is 0 Å². The largest absolute Gasteiger partial charge is 0.497 e. The summed E-state index contributed by atoms with van der Waals surface area (Å²) in [5.74, 6) is 0.440. The van der Waals surface area contributed by atoms with Gasteiger partial charge in [-0.2, -0.15) is 0 Å². The average Bonchev–Trinajstić information content (AvgIpc) is 2.99. The summed E-state index contributed by atoms with van der Waals surface area (Å²) < 4.78 is 10.1. The van der Waals surface area contributed by atoms with Crippen molar-refractivity contribution in [1.29, 1.82) is 0 Å². The van der Waals surface area contributed by atoms with E-state index < -0.39 is 0 Å². The molecule has 0 spiro atoms. The van der Waals surface area contributed by atoms with Crippen LogP contribution in [0, 0.1) is 6.92 Å². The number of nitrogens with zero attached hydrogens (tertiary/aromatic N) is 2. The van der Waals surface area contributed by atoms with Crippen LogP contribution in [0.2, 0.25) is 0 Å². The Kier molecular flexibility index (Phi) is 6.16. The van der Waals surface area contributed by atoms with Crippen molar-refractivity contribution in [2.24, 2.45) is 0 Å². The van der Waals surface area contributed by atoms with Crippen molar-refractivity contribution in [2.75, 3.05) is 27.7 Å². The maximum Gasteiger partial charge on any atom is 0.276 e. The number of hydrogen-bond acceptors (Lipinski definition) is 5. The summed E-state index contributed by atoms with van der Waals surface area (Å²) in [4.78, 5) is 25.8. The molecule has 0 fully saturated rings. The molecule has 0 atom stereocenters. The number of benzene rings is 1. The second-order valence-electron chi connectivity index (χ2n) is 5.87. The molecule has 1 aromatic carbocycles. The van der Waals surface area contributed by atoms with E-state index >= 15 is 0 Å². The minimum atomic E-state index is -0.361. The highest BCUT2D eigenvalue weighted by atomic mass is 16.5. The molecule has 1 aromatic heterocycles. The van der Waals surface area contributed by atoms with Crippen molar-refractivity contribution < 1.29 is 18.8 Å². The minimum Gasteiger partial charge on any atom is -0.497 e. The van der Waals surface area contributed by atoms with Crippen LogP contribution in [0.5, 0.6) is 5.75 Å². The lowest BCUT2D eigenvalue weighted by molar-refractivity contribution is 0.0809. The van der Waals surface area contributed by atoms with Crippen LogP contribution in [0.1, 0.15) is 38.6 Å². The van der Waals surface area contributed by atoms with Crippen molar-refractivity contribution in [2.45, 2.75) is 19.8 Å². The van der Waals surface area contributed by atoms with Gasteiger partial charge in [0.2, 0.25) is 0 Å². The number of carbonyl (C=O) groups excluding carboxylic acids is 2. The van der Waals surface area contributed by atoms with Crippen molar-refractivity contribution in [1.82, 2.24) is 15.4 Å². The molecular weight excluding hydrogens is 322 g/mol. The molecule has 0 bridgehead atoms. The van der Waals surface area contributed by atoms with Gasteiger partial charge in [0.1, 0.15) is 17.1 Å². The zero-order valence-corrected chi connectivity index (χ0v) is 15.0. The van der Waals surface area contributed by atoms with Gasteiger partial charge in [-0.3, -0.25) is 9.59 Å². The first-order valence-corrected chi connectivity index (χ1v) is 8.03. The highest BCUT2D eigenvalue weighted by Crippen LogP contribution is 2.15. The van der Waals surface area contributed by atoms with E-state index in [0.29, 0.717) is 12.3 Å². The summed E-state index contributed by atoms with van der Waals surface area (Å²) in [6.07, 6.45) is 1.61. The molecule has 1 N–H and O–H groups in total. The van der Waals surface area contributed by atoms with Crippen molar-refractivity contribution >= 4 is 11.8 Å². The third-order valence-electron chi connectivity index (χ3n) is 3.79. The monoisotopic (exact) mass is 345 g/mol. The van der Waals surface area contributed by atoms with Gasteiger partial charge in [-0.25, -0.2) is 0 Å². The van der Waals surface area contributed by atoms with Gasteiger partial charge in [-0.05, 0) is 37.5 Å². The number of nitrogens with one attached hydrogen (secondary N) is 1. The Hall–Kier alpha value is -2.83. The quantitative estimate of drug-likeness (QED) is 0.777. The number of amides is 2. The Morgan fingerprint density at radius 2 is 1.92 bits per heavy atom. The van der Waals surface area contributed by atoms with Crippen LogP contribution in [0.25, 0.3) is 0 Å². The van der Waals surface area contributed by atoms with Gasteiger partial charge < -0.3 is 19.5 Å². The Morgan fingerprint density at radius 3 is 2.52 bits per heavy atom. The first kappa shape index (κ1) is 18.5. The number of hydrogen-bond donors (Lipinski definition) is 1. The zero-order chi connectivity index (χ0) is 18.4. The molecular formula is C18H23N3O4. The van der Waals surface area contributed by atoms with E-state index in [9.17, 15) is 9.59 Å². The Morgan fingerprint density at radius 1 is 1.24 bits per heavy atom. The number of aryl methyl sites for hydroxylation is 2. The van der Waals surface area contributed by atoms with Crippen molar-refractivity contribution in [3.8, 4) is 5.75 Å². The third-order valence-corrected chi connectivity index (χ3v) is 3.79. The van der Waals surface area contributed by atoms with E-state index in [0.717, 1.165) is 18.6 Å². The van der Waals surface area contributed by atoms with E-state index in [1.165, 1.54) is 10.5 Å². The number of rotatable bonds is 7. The second-order valence-corrected chi connectivity index (χ2v) is 5.87. The van der Waals surface area contributed by atoms with Crippen LogP contribution in [0.15, 0.2) is 28.8 Å². The van der Waals surface area contributed by atoms with Gasteiger partial charge in [0.25, 0.3) is 11.8 Å². The molecule has 25 heavy (non-hydrogen) atoms. The molecule has 0 aliphatic rings. The summed E-state index contributed by atoms with van der Waals surface area (Å²) in [6.45, 7) is 2.11. The molecule has 0 saturated carbocycles. The van der Waals surface area contributed by atoms with Gasteiger partial charge in [0.05, 0.1) is 7.11 Å². The van der Waals surface area contributed by atoms with Crippen molar-refractivity contribution in [3.63, 3.8) is 0 Å². The molecule has 2 rings (SSSR count). The topological polar surface area (TPSA) is 84.7 Å². The highest BCUT2D eigenvalue weighted by Gasteiger charge is 2.26. The molecule has 0 aliphatic carbocycles. The van der Waals surface area contributed by atoms with E-state index in [4.69, 9.17) is 9.26 Å². The molecule has 7 nitrogen and oxygen atoms in total. The van der Waals surface area contributed by atoms with Crippen LogP contribution < -0.4 is 10.1 Å². The smallest absolute Gasteiger partial charge is 0.276 e. The maximum atomic E-state index is 12.4. The lowest BCUT2D eigenvalue weighted by Crippen LogP contribution is -2.29. The summed E-state index contributed by atoms with van der Waals surface area (Å²) in [5, 5.41) is 6.53.